The minimum atomic E-state index is -0.310. The van der Waals surface area contributed by atoms with E-state index in [0.29, 0.717) is 12.5 Å². The van der Waals surface area contributed by atoms with Crippen LogP contribution in [-0.2, 0) is 18.9 Å². The maximum absolute atomic E-state index is 12.1. The Hall–Kier alpha value is -2.43. The molecule has 8 nitrogen and oxygen atoms in total. The van der Waals surface area contributed by atoms with E-state index in [9.17, 15) is 4.79 Å². The van der Waals surface area contributed by atoms with Crippen molar-refractivity contribution in [3.8, 4) is 5.75 Å². The molecule has 0 saturated heterocycles. The fraction of sp³-hybridized carbons (Fsp3) is 0.368. The number of hydrogen-bond donors (Lipinski definition) is 2. The van der Waals surface area contributed by atoms with Crippen LogP contribution in [0.2, 0.25) is 0 Å². The lowest BCUT2D eigenvalue weighted by Crippen LogP contribution is -2.16. The van der Waals surface area contributed by atoms with Crippen molar-refractivity contribution in [1.29, 1.82) is 0 Å². The molecule has 0 bridgehead atoms. The third kappa shape index (κ3) is 7.15. The lowest BCUT2D eigenvalue weighted by atomic mass is 10.3. The molecule has 154 valence electrons. The summed E-state index contributed by atoms with van der Waals surface area (Å²) in [6.45, 7) is 1.84. The fourth-order valence-electron chi connectivity index (χ4n) is 2.40. The molecule has 3 aromatic rings. The summed E-state index contributed by atoms with van der Waals surface area (Å²) >= 11 is 3.49. The van der Waals surface area contributed by atoms with Crippen LogP contribution in [-0.4, -0.2) is 51.2 Å². The Morgan fingerprint density at radius 1 is 1.34 bits per heavy atom. The standard InChI is InChI=1S/C19H24N6O2S2/c1-25(2)10-17-23-15(13-29-17)12-28-7-6-21-19-22-9-16(18(26)24-19)27-11-14-4-3-5-20-8-14/h3-5,8-9,13H,6-7,10-12H2,1-2H3,(H2,21,22,24,26). The number of thiazole rings is 1. The number of thioether (sulfide) groups is 1. The number of hydrogen-bond acceptors (Lipinski definition) is 9. The molecule has 2 N–H and O–H groups in total. The summed E-state index contributed by atoms with van der Waals surface area (Å²) in [5.74, 6) is 2.37. The monoisotopic (exact) mass is 432 g/mol. The summed E-state index contributed by atoms with van der Waals surface area (Å²) in [5, 5.41) is 6.38. The Labute approximate surface area is 177 Å². The molecule has 0 spiro atoms. The predicted octanol–water partition coefficient (Wildman–Crippen LogP) is 2.61. The number of aromatic amines is 1. The van der Waals surface area contributed by atoms with Gasteiger partial charge in [0.1, 0.15) is 11.6 Å². The third-order valence-corrected chi connectivity index (χ3v) is 5.60. The van der Waals surface area contributed by atoms with E-state index in [1.165, 1.54) is 6.20 Å². The van der Waals surface area contributed by atoms with Gasteiger partial charge in [0.25, 0.3) is 5.56 Å². The second kappa shape index (κ2) is 10.9. The Morgan fingerprint density at radius 2 is 2.24 bits per heavy atom. The van der Waals surface area contributed by atoms with E-state index in [1.807, 2.05) is 26.2 Å². The van der Waals surface area contributed by atoms with Crippen LogP contribution in [0, 0.1) is 0 Å². The molecule has 0 atom stereocenters. The summed E-state index contributed by atoms with van der Waals surface area (Å²) in [5.41, 5.74) is 1.69. The van der Waals surface area contributed by atoms with E-state index >= 15 is 0 Å². The molecule has 0 saturated carbocycles. The summed E-state index contributed by atoms with van der Waals surface area (Å²) < 4.78 is 5.51. The number of H-pyrrole nitrogens is 1. The molecule has 10 heteroatoms. The van der Waals surface area contributed by atoms with E-state index in [2.05, 4.69) is 35.5 Å². The van der Waals surface area contributed by atoms with Crippen LogP contribution in [0.3, 0.4) is 0 Å². The Kier molecular flexibility index (Phi) is 8.03. The first-order chi connectivity index (χ1) is 14.1. The highest BCUT2D eigenvalue weighted by Gasteiger charge is 2.05. The van der Waals surface area contributed by atoms with Crippen molar-refractivity contribution < 1.29 is 4.74 Å². The molecule has 0 unspecified atom stereocenters. The fourth-order valence-corrected chi connectivity index (χ4v) is 4.16. The number of nitrogens with one attached hydrogen (secondary N) is 2. The molecule has 3 aromatic heterocycles. The number of rotatable bonds is 11. The first-order valence-electron chi connectivity index (χ1n) is 9.11. The number of ether oxygens (including phenoxy) is 1. The normalized spacial score (nSPS) is 11.0. The van der Waals surface area contributed by atoms with Gasteiger partial charge in [-0.25, -0.2) is 9.97 Å². The number of nitrogens with zero attached hydrogens (tertiary/aromatic N) is 4. The van der Waals surface area contributed by atoms with Gasteiger partial charge in [0.2, 0.25) is 11.7 Å². The zero-order valence-electron chi connectivity index (χ0n) is 16.4. The average molecular weight is 433 g/mol. The van der Waals surface area contributed by atoms with Gasteiger partial charge < -0.3 is 15.0 Å². The van der Waals surface area contributed by atoms with E-state index in [1.54, 1.807) is 35.5 Å². The second-order valence-electron chi connectivity index (χ2n) is 6.52. The Morgan fingerprint density at radius 3 is 3.00 bits per heavy atom. The summed E-state index contributed by atoms with van der Waals surface area (Å²) in [6.07, 6.45) is 4.83. The molecule has 3 heterocycles. The largest absolute Gasteiger partial charge is 0.482 e. The molecule has 3 rings (SSSR count). The number of pyridine rings is 1. The highest BCUT2D eigenvalue weighted by atomic mass is 32.2. The van der Waals surface area contributed by atoms with E-state index in [-0.39, 0.29) is 17.9 Å². The minimum Gasteiger partial charge on any atom is -0.482 e. The van der Waals surface area contributed by atoms with Gasteiger partial charge in [-0.3, -0.25) is 14.8 Å². The molecule has 0 aliphatic heterocycles. The van der Waals surface area contributed by atoms with Crippen molar-refractivity contribution in [2.75, 3.05) is 31.7 Å². The van der Waals surface area contributed by atoms with Crippen LogP contribution in [0.25, 0.3) is 0 Å². The zero-order valence-corrected chi connectivity index (χ0v) is 18.1. The van der Waals surface area contributed by atoms with Crippen LogP contribution in [0.5, 0.6) is 5.75 Å². The molecule has 0 fully saturated rings. The molecule has 0 aliphatic rings. The first-order valence-corrected chi connectivity index (χ1v) is 11.1. The van der Waals surface area contributed by atoms with Crippen molar-refractivity contribution in [3.05, 3.63) is 62.7 Å². The van der Waals surface area contributed by atoms with Crippen molar-refractivity contribution in [3.63, 3.8) is 0 Å². The average Bonchev–Trinajstić information content (AvgIpc) is 3.14. The van der Waals surface area contributed by atoms with Crippen LogP contribution >= 0.6 is 23.1 Å². The van der Waals surface area contributed by atoms with Gasteiger partial charge >= 0.3 is 0 Å². The van der Waals surface area contributed by atoms with Gasteiger partial charge in [0, 0.05) is 47.9 Å². The Bertz CT molecular complexity index is 945. The quantitative estimate of drug-likeness (QED) is 0.447. The minimum absolute atomic E-state index is 0.186. The van der Waals surface area contributed by atoms with Crippen LogP contribution in [0.1, 0.15) is 16.3 Å². The molecule has 29 heavy (non-hydrogen) atoms. The topological polar surface area (TPSA) is 96.0 Å². The van der Waals surface area contributed by atoms with Crippen LogP contribution in [0.4, 0.5) is 5.95 Å². The zero-order chi connectivity index (χ0) is 20.5. The van der Waals surface area contributed by atoms with Gasteiger partial charge in [-0.2, -0.15) is 11.8 Å². The van der Waals surface area contributed by atoms with Gasteiger partial charge in [-0.05, 0) is 20.2 Å². The van der Waals surface area contributed by atoms with Gasteiger partial charge in [0.15, 0.2) is 0 Å². The van der Waals surface area contributed by atoms with Crippen LogP contribution in [0.15, 0.2) is 40.9 Å². The van der Waals surface area contributed by atoms with Crippen molar-refractivity contribution in [2.24, 2.45) is 0 Å². The van der Waals surface area contributed by atoms with Gasteiger partial charge in [0.05, 0.1) is 11.9 Å². The maximum atomic E-state index is 12.1. The van der Waals surface area contributed by atoms with Crippen LogP contribution < -0.4 is 15.6 Å². The lowest BCUT2D eigenvalue weighted by Gasteiger charge is -2.07. The molecular weight excluding hydrogens is 408 g/mol. The third-order valence-electron chi connectivity index (χ3n) is 3.72. The van der Waals surface area contributed by atoms with Gasteiger partial charge in [-0.1, -0.05) is 6.07 Å². The number of anilines is 1. The first kappa shape index (κ1) is 21.3. The maximum Gasteiger partial charge on any atom is 0.294 e. The van der Waals surface area contributed by atoms with E-state index in [0.717, 1.165) is 34.3 Å². The highest BCUT2D eigenvalue weighted by molar-refractivity contribution is 7.98. The van der Waals surface area contributed by atoms with Crippen molar-refractivity contribution in [2.45, 2.75) is 18.9 Å². The van der Waals surface area contributed by atoms with Crippen molar-refractivity contribution >= 4 is 29.0 Å². The van der Waals surface area contributed by atoms with E-state index < -0.39 is 0 Å². The SMILES string of the molecule is CN(C)Cc1nc(CSCCNc2ncc(OCc3cccnc3)c(=O)[nH]2)cs1. The Balaban J connectivity index is 1.38. The summed E-state index contributed by atoms with van der Waals surface area (Å²) in [6, 6.07) is 3.71. The highest BCUT2D eigenvalue weighted by Crippen LogP contribution is 2.16. The molecule has 0 amide bonds. The van der Waals surface area contributed by atoms with E-state index in [4.69, 9.17) is 4.74 Å². The summed E-state index contributed by atoms with van der Waals surface area (Å²) in [4.78, 5) is 29.8. The predicted molar refractivity (Wildman–Crippen MR) is 118 cm³/mol. The molecule has 0 aliphatic carbocycles. The lowest BCUT2D eigenvalue weighted by molar-refractivity contribution is 0.300. The smallest absolute Gasteiger partial charge is 0.294 e. The van der Waals surface area contributed by atoms with Crippen molar-refractivity contribution in [1.82, 2.24) is 24.8 Å². The summed E-state index contributed by atoms with van der Waals surface area (Å²) in [7, 11) is 4.08. The second-order valence-corrected chi connectivity index (χ2v) is 8.57. The molecular formula is C19H24N6O2S2. The molecule has 0 radical (unpaired) electrons. The number of aromatic nitrogens is 4. The van der Waals surface area contributed by atoms with Gasteiger partial charge in [-0.15, -0.1) is 11.3 Å². The molecule has 0 aromatic carbocycles.